The summed E-state index contributed by atoms with van der Waals surface area (Å²) in [6, 6.07) is 14.7. The second-order valence-electron chi connectivity index (χ2n) is 4.97. The van der Waals surface area contributed by atoms with Crippen LogP contribution < -0.4 is 5.32 Å². The molecule has 21 heavy (non-hydrogen) atoms. The van der Waals surface area contributed by atoms with Crippen molar-refractivity contribution in [3.8, 4) is 0 Å². The highest BCUT2D eigenvalue weighted by molar-refractivity contribution is 7.98. The van der Waals surface area contributed by atoms with Crippen LogP contribution in [0.3, 0.4) is 0 Å². The van der Waals surface area contributed by atoms with Crippen molar-refractivity contribution in [1.29, 1.82) is 0 Å². The zero-order chi connectivity index (χ0) is 14.5. The summed E-state index contributed by atoms with van der Waals surface area (Å²) in [6.45, 7) is 3.17. The minimum atomic E-state index is 0.870. The van der Waals surface area contributed by atoms with E-state index in [0.29, 0.717) is 0 Å². The van der Waals surface area contributed by atoms with Crippen LogP contribution in [0.4, 0.5) is 5.69 Å². The third kappa shape index (κ3) is 3.58. The van der Waals surface area contributed by atoms with Crippen molar-refractivity contribution in [2.75, 3.05) is 11.9 Å². The molecule has 0 amide bonds. The Morgan fingerprint density at radius 1 is 1.19 bits per heavy atom. The molecule has 108 valence electrons. The Labute approximate surface area is 129 Å². The maximum Gasteiger partial charge on any atom is 0.0736 e. The highest BCUT2D eigenvalue weighted by atomic mass is 32.2. The van der Waals surface area contributed by atoms with Gasteiger partial charge < -0.3 is 10.3 Å². The van der Waals surface area contributed by atoms with Gasteiger partial charge in [0.15, 0.2) is 0 Å². The van der Waals surface area contributed by atoms with E-state index in [2.05, 4.69) is 58.6 Å². The molecule has 2 aromatic heterocycles. The molecule has 2 heterocycles. The number of para-hydroxylation sites is 1. The SMILES string of the molecule is CCCNc1ccnc(CSc2cc3ccccc3[nH]2)c1. The first kappa shape index (κ1) is 14.0. The molecule has 1 aromatic carbocycles. The standard InChI is InChI=1S/C17H19N3S/c1-2-8-18-14-7-9-19-15(11-14)12-21-17-10-13-5-3-4-6-16(13)20-17/h3-7,9-11,20H,2,8,12H2,1H3,(H,18,19). The van der Waals surface area contributed by atoms with Crippen molar-refractivity contribution in [2.24, 2.45) is 0 Å². The van der Waals surface area contributed by atoms with Crippen LogP contribution in [0.15, 0.2) is 53.7 Å². The molecule has 3 rings (SSSR count). The summed E-state index contributed by atoms with van der Waals surface area (Å²) in [7, 11) is 0. The van der Waals surface area contributed by atoms with Gasteiger partial charge in [-0.15, -0.1) is 11.8 Å². The number of aromatic nitrogens is 2. The third-order valence-corrected chi connectivity index (χ3v) is 4.25. The number of anilines is 1. The number of fused-ring (bicyclic) bond motifs is 1. The number of rotatable bonds is 6. The van der Waals surface area contributed by atoms with Crippen molar-refractivity contribution >= 4 is 28.4 Å². The molecule has 0 aliphatic carbocycles. The predicted octanol–water partition coefficient (Wildman–Crippen LogP) is 4.68. The van der Waals surface area contributed by atoms with Gasteiger partial charge in [0.05, 0.1) is 10.7 Å². The van der Waals surface area contributed by atoms with Gasteiger partial charge in [0.2, 0.25) is 0 Å². The average molecular weight is 297 g/mol. The Morgan fingerprint density at radius 2 is 2.10 bits per heavy atom. The second-order valence-corrected chi connectivity index (χ2v) is 5.99. The smallest absolute Gasteiger partial charge is 0.0736 e. The summed E-state index contributed by atoms with van der Waals surface area (Å²) in [4.78, 5) is 7.88. The van der Waals surface area contributed by atoms with Gasteiger partial charge in [0.25, 0.3) is 0 Å². The molecule has 0 spiro atoms. The highest BCUT2D eigenvalue weighted by Gasteiger charge is 2.03. The number of pyridine rings is 1. The number of H-pyrrole nitrogens is 1. The van der Waals surface area contributed by atoms with Crippen molar-refractivity contribution in [1.82, 2.24) is 9.97 Å². The molecule has 3 nitrogen and oxygen atoms in total. The van der Waals surface area contributed by atoms with Crippen LogP contribution in [0.25, 0.3) is 10.9 Å². The summed E-state index contributed by atoms with van der Waals surface area (Å²) in [5.41, 5.74) is 3.44. The number of thioether (sulfide) groups is 1. The number of nitrogens with one attached hydrogen (secondary N) is 2. The Balaban J connectivity index is 1.66. The third-order valence-electron chi connectivity index (χ3n) is 3.28. The maximum absolute atomic E-state index is 4.44. The van der Waals surface area contributed by atoms with E-state index in [-0.39, 0.29) is 0 Å². The Hall–Kier alpha value is -1.94. The lowest BCUT2D eigenvalue weighted by Gasteiger charge is -2.06. The van der Waals surface area contributed by atoms with E-state index in [9.17, 15) is 0 Å². The van der Waals surface area contributed by atoms with Crippen LogP contribution in [-0.2, 0) is 5.75 Å². The van der Waals surface area contributed by atoms with E-state index in [1.165, 1.54) is 15.9 Å². The zero-order valence-corrected chi connectivity index (χ0v) is 12.9. The highest BCUT2D eigenvalue weighted by Crippen LogP contribution is 2.26. The van der Waals surface area contributed by atoms with Crippen molar-refractivity contribution < 1.29 is 0 Å². The number of hydrogen-bond donors (Lipinski definition) is 2. The molecule has 0 fully saturated rings. The van der Waals surface area contributed by atoms with Crippen molar-refractivity contribution in [2.45, 2.75) is 24.1 Å². The van der Waals surface area contributed by atoms with Crippen LogP contribution >= 0.6 is 11.8 Å². The van der Waals surface area contributed by atoms with Crippen LogP contribution in [0.5, 0.6) is 0 Å². The van der Waals surface area contributed by atoms with E-state index in [1.807, 2.05) is 12.3 Å². The van der Waals surface area contributed by atoms with Crippen LogP contribution in [0, 0.1) is 0 Å². The molecule has 2 N–H and O–H groups in total. The first-order chi connectivity index (χ1) is 10.3. The lowest BCUT2D eigenvalue weighted by atomic mass is 10.3. The molecule has 0 unspecified atom stereocenters. The molecule has 0 saturated heterocycles. The fraction of sp³-hybridized carbons (Fsp3) is 0.235. The summed E-state index contributed by atoms with van der Waals surface area (Å²) < 4.78 is 0. The molecule has 0 radical (unpaired) electrons. The van der Waals surface area contributed by atoms with Crippen LogP contribution in [-0.4, -0.2) is 16.5 Å². The molecule has 0 aliphatic rings. The Bertz CT molecular complexity index is 688. The topological polar surface area (TPSA) is 40.7 Å². The number of benzene rings is 1. The first-order valence-electron chi connectivity index (χ1n) is 7.24. The summed E-state index contributed by atoms with van der Waals surface area (Å²) in [6.07, 6.45) is 3.00. The Kier molecular flexibility index (Phi) is 4.46. The minimum absolute atomic E-state index is 0.870. The minimum Gasteiger partial charge on any atom is -0.385 e. The predicted molar refractivity (Wildman–Crippen MR) is 90.9 cm³/mol. The average Bonchev–Trinajstić information content (AvgIpc) is 2.94. The van der Waals surface area contributed by atoms with Gasteiger partial charge in [-0.2, -0.15) is 0 Å². The molecular formula is C17H19N3S. The van der Waals surface area contributed by atoms with E-state index in [0.717, 1.165) is 30.1 Å². The largest absolute Gasteiger partial charge is 0.385 e. The number of hydrogen-bond acceptors (Lipinski definition) is 3. The molecule has 0 aliphatic heterocycles. The number of aromatic amines is 1. The fourth-order valence-electron chi connectivity index (χ4n) is 2.21. The van der Waals surface area contributed by atoms with Crippen LogP contribution in [0.2, 0.25) is 0 Å². The number of nitrogens with zero attached hydrogens (tertiary/aromatic N) is 1. The zero-order valence-electron chi connectivity index (χ0n) is 12.1. The molecule has 3 aromatic rings. The Morgan fingerprint density at radius 3 is 2.95 bits per heavy atom. The van der Waals surface area contributed by atoms with Gasteiger partial charge >= 0.3 is 0 Å². The van der Waals surface area contributed by atoms with Gasteiger partial charge in [-0.3, -0.25) is 4.98 Å². The molecule has 0 bridgehead atoms. The summed E-state index contributed by atoms with van der Waals surface area (Å²) >= 11 is 1.79. The fourth-order valence-corrected chi connectivity index (χ4v) is 3.07. The van der Waals surface area contributed by atoms with Crippen LogP contribution in [0.1, 0.15) is 19.0 Å². The summed E-state index contributed by atoms with van der Waals surface area (Å²) in [5, 5.41) is 5.84. The maximum atomic E-state index is 4.44. The van der Waals surface area contributed by atoms with Gasteiger partial charge in [0.1, 0.15) is 0 Å². The first-order valence-corrected chi connectivity index (χ1v) is 8.23. The van der Waals surface area contributed by atoms with Gasteiger partial charge in [-0.25, -0.2) is 0 Å². The van der Waals surface area contributed by atoms with Gasteiger partial charge in [-0.1, -0.05) is 25.1 Å². The second kappa shape index (κ2) is 6.68. The molecule has 0 atom stereocenters. The van der Waals surface area contributed by atoms with E-state index >= 15 is 0 Å². The van der Waals surface area contributed by atoms with Crippen molar-refractivity contribution in [3.63, 3.8) is 0 Å². The normalized spacial score (nSPS) is 10.9. The molecule has 0 saturated carbocycles. The van der Waals surface area contributed by atoms with E-state index in [1.54, 1.807) is 11.8 Å². The van der Waals surface area contributed by atoms with Gasteiger partial charge in [-0.05, 0) is 30.7 Å². The van der Waals surface area contributed by atoms with Gasteiger partial charge in [0, 0.05) is 35.1 Å². The van der Waals surface area contributed by atoms with E-state index in [4.69, 9.17) is 0 Å². The lowest BCUT2D eigenvalue weighted by Crippen LogP contribution is -2.00. The monoisotopic (exact) mass is 297 g/mol. The lowest BCUT2D eigenvalue weighted by molar-refractivity contribution is 0.977. The molecule has 4 heteroatoms. The van der Waals surface area contributed by atoms with Crippen molar-refractivity contribution in [3.05, 3.63) is 54.4 Å². The quantitative estimate of drug-likeness (QED) is 0.649. The van der Waals surface area contributed by atoms with E-state index < -0.39 is 0 Å². The molecular weight excluding hydrogens is 278 g/mol. The summed E-state index contributed by atoms with van der Waals surface area (Å²) in [5.74, 6) is 0.870.